The molecule has 0 saturated carbocycles. The molecule has 1 aromatic heterocycles. The molecule has 0 radical (unpaired) electrons. The first-order valence-corrected chi connectivity index (χ1v) is 8.55. The number of nitrogens with zero attached hydrogens (tertiary/aromatic N) is 1. The van der Waals surface area contributed by atoms with Crippen LogP contribution in [0, 0.1) is 0 Å². The van der Waals surface area contributed by atoms with Crippen LogP contribution in [0.5, 0.6) is 0 Å². The van der Waals surface area contributed by atoms with E-state index in [1.54, 1.807) is 11.3 Å². The zero-order chi connectivity index (χ0) is 16.2. The van der Waals surface area contributed by atoms with E-state index in [0.29, 0.717) is 6.54 Å². The van der Waals surface area contributed by atoms with Crippen molar-refractivity contribution in [2.45, 2.75) is 6.04 Å². The van der Waals surface area contributed by atoms with Crippen LogP contribution in [0.4, 0.5) is 0 Å². The number of carbonyl (C=O) groups is 1. The summed E-state index contributed by atoms with van der Waals surface area (Å²) in [5.74, 6) is -0.0242. The molecule has 1 atom stereocenters. The van der Waals surface area contributed by atoms with Crippen molar-refractivity contribution in [1.29, 1.82) is 0 Å². The van der Waals surface area contributed by atoms with Gasteiger partial charge in [0.05, 0.1) is 6.04 Å². The topological polar surface area (TPSA) is 32.3 Å². The number of rotatable bonds is 5. The van der Waals surface area contributed by atoms with Gasteiger partial charge in [0.2, 0.25) is 0 Å². The Balaban J connectivity index is 1.78. The average molecular weight is 324 g/mol. The van der Waals surface area contributed by atoms with E-state index in [-0.39, 0.29) is 11.9 Å². The van der Waals surface area contributed by atoms with Crippen LogP contribution in [-0.2, 0) is 0 Å². The molecule has 2 aromatic carbocycles. The number of hydrogen-bond acceptors (Lipinski definition) is 3. The molecular weight excluding hydrogens is 304 g/mol. The first-order chi connectivity index (χ1) is 11.2. The smallest absolute Gasteiger partial charge is 0.251 e. The third-order valence-corrected chi connectivity index (χ3v) is 4.74. The minimum Gasteiger partial charge on any atom is -0.350 e. The Morgan fingerprint density at radius 3 is 2.65 bits per heavy atom. The SMILES string of the molecule is CN(C)C(CNC(=O)c1cccc2ccccc12)c1ccsc1. The lowest BCUT2D eigenvalue weighted by Gasteiger charge is -2.24. The van der Waals surface area contributed by atoms with E-state index in [0.717, 1.165) is 16.3 Å². The summed E-state index contributed by atoms with van der Waals surface area (Å²) in [6.07, 6.45) is 0. The molecule has 0 aliphatic carbocycles. The Morgan fingerprint density at radius 1 is 1.13 bits per heavy atom. The fraction of sp³-hybridized carbons (Fsp3) is 0.211. The van der Waals surface area contributed by atoms with Crippen LogP contribution >= 0.6 is 11.3 Å². The van der Waals surface area contributed by atoms with Crippen LogP contribution in [0.2, 0.25) is 0 Å². The van der Waals surface area contributed by atoms with Gasteiger partial charge in [0.15, 0.2) is 0 Å². The third kappa shape index (κ3) is 3.44. The fourth-order valence-electron chi connectivity index (χ4n) is 2.77. The highest BCUT2D eigenvalue weighted by Gasteiger charge is 2.17. The van der Waals surface area contributed by atoms with Gasteiger partial charge < -0.3 is 10.2 Å². The third-order valence-electron chi connectivity index (χ3n) is 4.04. The van der Waals surface area contributed by atoms with Gasteiger partial charge in [-0.15, -0.1) is 0 Å². The molecule has 0 bridgehead atoms. The lowest BCUT2D eigenvalue weighted by atomic mass is 10.0. The lowest BCUT2D eigenvalue weighted by molar-refractivity contribution is 0.0943. The Bertz CT molecular complexity index is 791. The summed E-state index contributed by atoms with van der Waals surface area (Å²) in [4.78, 5) is 14.8. The van der Waals surface area contributed by atoms with Crippen molar-refractivity contribution >= 4 is 28.0 Å². The van der Waals surface area contributed by atoms with Crippen LogP contribution in [0.1, 0.15) is 22.0 Å². The molecule has 3 nitrogen and oxygen atoms in total. The molecule has 3 rings (SSSR count). The number of fused-ring (bicyclic) bond motifs is 1. The Labute approximate surface area is 140 Å². The molecule has 1 unspecified atom stereocenters. The number of nitrogens with one attached hydrogen (secondary N) is 1. The maximum Gasteiger partial charge on any atom is 0.251 e. The second kappa shape index (κ2) is 6.94. The molecule has 0 aliphatic heterocycles. The summed E-state index contributed by atoms with van der Waals surface area (Å²) in [7, 11) is 4.07. The number of likely N-dealkylation sites (N-methyl/N-ethyl adjacent to an activating group) is 1. The first kappa shape index (κ1) is 15.7. The molecule has 1 N–H and O–H groups in total. The van der Waals surface area contributed by atoms with Crippen molar-refractivity contribution in [3.05, 3.63) is 70.4 Å². The second-order valence-electron chi connectivity index (χ2n) is 5.77. The monoisotopic (exact) mass is 324 g/mol. The highest BCUT2D eigenvalue weighted by Crippen LogP contribution is 2.21. The standard InChI is InChI=1S/C19H20N2OS/c1-21(2)18(15-10-11-23-13-15)12-20-19(22)17-9-5-7-14-6-3-4-8-16(14)17/h3-11,13,18H,12H2,1-2H3,(H,20,22). The number of amides is 1. The first-order valence-electron chi connectivity index (χ1n) is 7.61. The van der Waals surface area contributed by atoms with Crippen LogP contribution < -0.4 is 5.32 Å². The van der Waals surface area contributed by atoms with Crippen molar-refractivity contribution < 1.29 is 4.79 Å². The van der Waals surface area contributed by atoms with Crippen molar-refractivity contribution in [3.63, 3.8) is 0 Å². The number of hydrogen-bond donors (Lipinski definition) is 1. The van der Waals surface area contributed by atoms with E-state index in [9.17, 15) is 4.79 Å². The van der Waals surface area contributed by atoms with E-state index in [1.165, 1.54) is 5.56 Å². The van der Waals surface area contributed by atoms with E-state index >= 15 is 0 Å². The molecule has 118 valence electrons. The number of thiophene rings is 1. The van der Waals surface area contributed by atoms with Crippen molar-refractivity contribution in [2.24, 2.45) is 0 Å². The molecule has 0 fully saturated rings. The van der Waals surface area contributed by atoms with E-state index < -0.39 is 0 Å². The summed E-state index contributed by atoms with van der Waals surface area (Å²) in [5, 5.41) is 9.36. The molecule has 0 spiro atoms. The fourth-order valence-corrected chi connectivity index (χ4v) is 3.48. The molecule has 1 heterocycles. The minimum atomic E-state index is -0.0242. The quantitative estimate of drug-likeness (QED) is 0.771. The van der Waals surface area contributed by atoms with Gasteiger partial charge in [-0.2, -0.15) is 11.3 Å². The largest absolute Gasteiger partial charge is 0.350 e. The predicted octanol–water partition coefficient (Wildman–Crippen LogP) is 3.93. The van der Waals surface area contributed by atoms with Crippen molar-refractivity contribution in [1.82, 2.24) is 10.2 Å². The summed E-state index contributed by atoms with van der Waals surface area (Å²) in [6.45, 7) is 0.589. The van der Waals surface area contributed by atoms with Gasteiger partial charge in [0.1, 0.15) is 0 Å². The molecule has 23 heavy (non-hydrogen) atoms. The van der Waals surface area contributed by atoms with Crippen molar-refractivity contribution in [3.8, 4) is 0 Å². The van der Waals surface area contributed by atoms with Crippen LogP contribution in [0.25, 0.3) is 10.8 Å². The maximum absolute atomic E-state index is 12.6. The summed E-state index contributed by atoms with van der Waals surface area (Å²) in [6, 6.07) is 16.1. The zero-order valence-corrected chi connectivity index (χ0v) is 14.1. The molecule has 4 heteroatoms. The summed E-state index contributed by atoms with van der Waals surface area (Å²) >= 11 is 1.68. The molecule has 1 amide bonds. The van der Waals surface area contributed by atoms with E-state index in [2.05, 4.69) is 27.0 Å². The van der Waals surface area contributed by atoms with Gasteiger partial charge in [-0.25, -0.2) is 0 Å². The minimum absolute atomic E-state index is 0.0242. The number of benzene rings is 2. The molecule has 0 aliphatic rings. The Hall–Kier alpha value is -2.17. The highest BCUT2D eigenvalue weighted by atomic mass is 32.1. The van der Waals surface area contributed by atoms with Crippen LogP contribution in [0.15, 0.2) is 59.3 Å². The Morgan fingerprint density at radius 2 is 1.91 bits per heavy atom. The summed E-state index contributed by atoms with van der Waals surface area (Å²) in [5.41, 5.74) is 1.96. The van der Waals surface area contributed by atoms with Gasteiger partial charge >= 0.3 is 0 Å². The van der Waals surface area contributed by atoms with E-state index in [1.807, 2.05) is 56.6 Å². The average Bonchev–Trinajstić information content (AvgIpc) is 3.08. The maximum atomic E-state index is 12.6. The van der Waals surface area contributed by atoms with Crippen molar-refractivity contribution in [2.75, 3.05) is 20.6 Å². The normalized spacial score (nSPS) is 12.5. The molecule has 3 aromatic rings. The lowest BCUT2D eigenvalue weighted by Crippen LogP contribution is -2.34. The molecule has 0 saturated heterocycles. The Kier molecular flexibility index (Phi) is 4.74. The van der Waals surface area contributed by atoms with Gasteiger partial charge in [-0.3, -0.25) is 4.79 Å². The van der Waals surface area contributed by atoms with Crippen LogP contribution in [0.3, 0.4) is 0 Å². The van der Waals surface area contributed by atoms with Gasteiger partial charge in [0.25, 0.3) is 5.91 Å². The second-order valence-corrected chi connectivity index (χ2v) is 6.55. The van der Waals surface area contributed by atoms with Gasteiger partial charge in [-0.05, 0) is 53.3 Å². The van der Waals surface area contributed by atoms with Gasteiger partial charge in [0, 0.05) is 12.1 Å². The zero-order valence-electron chi connectivity index (χ0n) is 13.3. The van der Waals surface area contributed by atoms with Gasteiger partial charge in [-0.1, -0.05) is 36.4 Å². The van der Waals surface area contributed by atoms with E-state index in [4.69, 9.17) is 0 Å². The summed E-state index contributed by atoms with van der Waals surface area (Å²) < 4.78 is 0. The van der Waals surface area contributed by atoms with Crippen LogP contribution in [-0.4, -0.2) is 31.4 Å². The molecular formula is C19H20N2OS. The predicted molar refractivity (Wildman–Crippen MR) is 97.0 cm³/mol. The highest BCUT2D eigenvalue weighted by molar-refractivity contribution is 7.07. The number of carbonyl (C=O) groups excluding carboxylic acids is 1.